The third-order valence-corrected chi connectivity index (χ3v) is 4.91. The summed E-state index contributed by atoms with van der Waals surface area (Å²) < 4.78 is 10.5. The SMILES string of the molecule is CCCc1ccc(C(=O)COC(=O)c2cc([N+](=O)[O-])ccc2N2CCOCC2)cc1. The molecule has 0 N–H and O–H groups in total. The number of carbonyl (C=O) groups excluding carboxylic acids is 2. The molecule has 0 amide bonds. The van der Waals surface area contributed by atoms with E-state index < -0.39 is 17.5 Å². The van der Waals surface area contributed by atoms with E-state index in [2.05, 4.69) is 6.92 Å². The van der Waals surface area contributed by atoms with Gasteiger partial charge in [0.05, 0.1) is 29.4 Å². The minimum absolute atomic E-state index is 0.0668. The predicted molar refractivity (Wildman–Crippen MR) is 111 cm³/mol. The van der Waals surface area contributed by atoms with Crippen LogP contribution in [0.1, 0.15) is 39.6 Å². The van der Waals surface area contributed by atoms with Crippen molar-refractivity contribution in [1.82, 2.24) is 0 Å². The number of nitrogens with zero attached hydrogens (tertiary/aromatic N) is 2. The molecular weight excluding hydrogens is 388 g/mol. The van der Waals surface area contributed by atoms with Gasteiger partial charge in [0.2, 0.25) is 0 Å². The van der Waals surface area contributed by atoms with Gasteiger partial charge in [-0.3, -0.25) is 14.9 Å². The first-order valence-electron chi connectivity index (χ1n) is 9.90. The zero-order valence-electron chi connectivity index (χ0n) is 16.8. The molecule has 1 saturated heterocycles. The number of Topliss-reactive ketones (excluding diaryl/α,β-unsaturated/α-hetero) is 1. The van der Waals surface area contributed by atoms with E-state index in [1.165, 1.54) is 18.2 Å². The molecule has 8 heteroatoms. The number of aryl methyl sites for hydroxylation is 1. The first-order valence-corrected chi connectivity index (χ1v) is 9.90. The van der Waals surface area contributed by atoms with Gasteiger partial charge in [-0.15, -0.1) is 0 Å². The van der Waals surface area contributed by atoms with Crippen LogP contribution in [0.2, 0.25) is 0 Å². The fourth-order valence-electron chi connectivity index (χ4n) is 3.32. The molecule has 1 aliphatic rings. The van der Waals surface area contributed by atoms with Gasteiger partial charge < -0.3 is 14.4 Å². The van der Waals surface area contributed by atoms with E-state index in [-0.39, 0.29) is 17.0 Å². The van der Waals surface area contributed by atoms with Crippen molar-refractivity contribution >= 4 is 23.1 Å². The summed E-state index contributed by atoms with van der Waals surface area (Å²) in [5.74, 6) is -1.10. The van der Waals surface area contributed by atoms with Crippen LogP contribution in [0.15, 0.2) is 42.5 Å². The first-order chi connectivity index (χ1) is 14.5. The molecule has 1 heterocycles. The lowest BCUT2D eigenvalue weighted by Crippen LogP contribution is -2.37. The molecule has 3 rings (SSSR count). The molecule has 0 radical (unpaired) electrons. The Balaban J connectivity index is 1.73. The summed E-state index contributed by atoms with van der Waals surface area (Å²) >= 11 is 0. The van der Waals surface area contributed by atoms with Crippen molar-refractivity contribution in [2.75, 3.05) is 37.8 Å². The summed E-state index contributed by atoms with van der Waals surface area (Å²) in [6, 6.07) is 11.3. The minimum Gasteiger partial charge on any atom is -0.454 e. The second kappa shape index (κ2) is 9.98. The normalized spacial score (nSPS) is 13.7. The van der Waals surface area contributed by atoms with Crippen LogP contribution in [-0.4, -0.2) is 49.6 Å². The van der Waals surface area contributed by atoms with E-state index in [0.29, 0.717) is 37.6 Å². The van der Waals surface area contributed by atoms with Crippen LogP contribution in [0.3, 0.4) is 0 Å². The van der Waals surface area contributed by atoms with E-state index in [0.717, 1.165) is 18.4 Å². The Bertz CT molecular complexity index is 920. The molecule has 0 saturated carbocycles. The molecule has 0 spiro atoms. The molecular formula is C22H24N2O6. The highest BCUT2D eigenvalue weighted by atomic mass is 16.6. The van der Waals surface area contributed by atoms with Gasteiger partial charge in [0.25, 0.3) is 5.69 Å². The Morgan fingerprint density at radius 3 is 2.47 bits per heavy atom. The average molecular weight is 412 g/mol. The summed E-state index contributed by atoms with van der Waals surface area (Å²) in [6.45, 7) is 3.76. The zero-order valence-corrected chi connectivity index (χ0v) is 16.8. The lowest BCUT2D eigenvalue weighted by molar-refractivity contribution is -0.384. The van der Waals surface area contributed by atoms with Crippen molar-refractivity contribution in [2.24, 2.45) is 0 Å². The number of hydrogen-bond donors (Lipinski definition) is 0. The summed E-state index contributed by atoms with van der Waals surface area (Å²) in [5.41, 5.74) is 1.98. The van der Waals surface area contributed by atoms with Crippen LogP contribution in [-0.2, 0) is 15.9 Å². The third-order valence-electron chi connectivity index (χ3n) is 4.91. The number of carbonyl (C=O) groups is 2. The number of rotatable bonds is 8. The van der Waals surface area contributed by atoms with Crippen molar-refractivity contribution in [3.05, 3.63) is 69.3 Å². The minimum atomic E-state index is -0.767. The van der Waals surface area contributed by atoms with E-state index >= 15 is 0 Å². The van der Waals surface area contributed by atoms with Crippen molar-refractivity contribution in [1.29, 1.82) is 0 Å². The molecule has 8 nitrogen and oxygen atoms in total. The van der Waals surface area contributed by atoms with Gasteiger partial charge in [0.1, 0.15) is 0 Å². The van der Waals surface area contributed by atoms with Crippen LogP contribution in [0, 0.1) is 10.1 Å². The second-order valence-electron chi connectivity index (χ2n) is 7.00. The van der Waals surface area contributed by atoms with Crippen LogP contribution in [0.5, 0.6) is 0 Å². The van der Waals surface area contributed by atoms with E-state index in [1.54, 1.807) is 12.1 Å². The maximum absolute atomic E-state index is 12.7. The molecule has 2 aromatic carbocycles. The molecule has 158 valence electrons. The van der Waals surface area contributed by atoms with Gasteiger partial charge in [0, 0.05) is 30.8 Å². The number of nitro benzene ring substituents is 1. The largest absolute Gasteiger partial charge is 0.454 e. The Morgan fingerprint density at radius 1 is 1.13 bits per heavy atom. The second-order valence-corrected chi connectivity index (χ2v) is 7.00. The number of non-ortho nitro benzene ring substituents is 1. The van der Waals surface area contributed by atoms with E-state index in [4.69, 9.17) is 9.47 Å². The molecule has 1 aliphatic heterocycles. The number of ketones is 1. The van der Waals surface area contributed by atoms with Gasteiger partial charge >= 0.3 is 5.97 Å². The first kappa shape index (κ1) is 21.4. The standard InChI is InChI=1S/C22H24N2O6/c1-2-3-16-4-6-17(7-5-16)21(25)15-30-22(26)19-14-18(24(27)28)8-9-20(19)23-10-12-29-13-11-23/h4-9,14H,2-3,10-13,15H2,1H3. The highest BCUT2D eigenvalue weighted by Gasteiger charge is 2.23. The quantitative estimate of drug-likeness (QED) is 0.283. The monoisotopic (exact) mass is 412 g/mol. The highest BCUT2D eigenvalue weighted by Crippen LogP contribution is 2.27. The topological polar surface area (TPSA) is 99.0 Å². The summed E-state index contributed by atoms with van der Waals surface area (Å²) in [6.07, 6.45) is 1.94. The number of anilines is 1. The summed E-state index contributed by atoms with van der Waals surface area (Å²) in [4.78, 5) is 37.6. The molecule has 0 aliphatic carbocycles. The smallest absolute Gasteiger partial charge is 0.340 e. The Kier molecular flexibility index (Phi) is 7.13. The van der Waals surface area contributed by atoms with Crippen molar-refractivity contribution in [3.63, 3.8) is 0 Å². The van der Waals surface area contributed by atoms with Crippen molar-refractivity contribution in [2.45, 2.75) is 19.8 Å². The number of benzene rings is 2. The van der Waals surface area contributed by atoms with Gasteiger partial charge in [-0.05, 0) is 18.1 Å². The lowest BCUT2D eigenvalue weighted by Gasteiger charge is -2.30. The molecule has 0 aromatic heterocycles. The number of hydrogen-bond acceptors (Lipinski definition) is 7. The number of nitro groups is 1. The fourth-order valence-corrected chi connectivity index (χ4v) is 3.32. The summed E-state index contributed by atoms with van der Waals surface area (Å²) in [5, 5.41) is 11.2. The molecule has 0 atom stereocenters. The van der Waals surface area contributed by atoms with Gasteiger partial charge in [-0.25, -0.2) is 4.79 Å². The Morgan fingerprint density at radius 2 is 1.83 bits per heavy atom. The molecule has 1 fully saturated rings. The van der Waals surface area contributed by atoms with Crippen LogP contribution in [0.25, 0.3) is 0 Å². The van der Waals surface area contributed by atoms with Gasteiger partial charge in [-0.1, -0.05) is 37.6 Å². The molecule has 2 aromatic rings. The Labute approximate surface area is 174 Å². The van der Waals surface area contributed by atoms with E-state index in [1.807, 2.05) is 17.0 Å². The summed E-state index contributed by atoms with van der Waals surface area (Å²) in [7, 11) is 0. The Hall–Kier alpha value is -3.26. The average Bonchev–Trinajstić information content (AvgIpc) is 2.78. The van der Waals surface area contributed by atoms with Crippen LogP contribution < -0.4 is 4.90 Å². The maximum atomic E-state index is 12.7. The van der Waals surface area contributed by atoms with Crippen molar-refractivity contribution < 1.29 is 24.0 Å². The highest BCUT2D eigenvalue weighted by molar-refractivity contribution is 6.01. The molecule has 30 heavy (non-hydrogen) atoms. The van der Waals surface area contributed by atoms with Gasteiger partial charge in [-0.2, -0.15) is 0 Å². The van der Waals surface area contributed by atoms with Crippen LogP contribution in [0.4, 0.5) is 11.4 Å². The maximum Gasteiger partial charge on any atom is 0.340 e. The van der Waals surface area contributed by atoms with Crippen LogP contribution >= 0.6 is 0 Å². The molecule has 0 unspecified atom stereocenters. The number of esters is 1. The van der Waals surface area contributed by atoms with Gasteiger partial charge in [0.15, 0.2) is 12.4 Å². The molecule has 0 bridgehead atoms. The fraction of sp³-hybridized carbons (Fsp3) is 0.364. The van der Waals surface area contributed by atoms with E-state index in [9.17, 15) is 19.7 Å². The van der Waals surface area contributed by atoms with Crippen molar-refractivity contribution in [3.8, 4) is 0 Å². The number of ether oxygens (including phenoxy) is 2. The number of morpholine rings is 1. The lowest BCUT2D eigenvalue weighted by atomic mass is 10.1. The third kappa shape index (κ3) is 5.21. The predicted octanol–water partition coefficient (Wildman–Crippen LogP) is 3.42. The zero-order chi connectivity index (χ0) is 21.5.